The summed E-state index contributed by atoms with van der Waals surface area (Å²) in [5.74, 6) is 0.391. The number of carboxylic acid groups (broad SMARTS) is 1. The van der Waals surface area contributed by atoms with E-state index in [4.69, 9.17) is 9.84 Å². The molecule has 0 saturated heterocycles. The molecule has 0 aliphatic heterocycles. The van der Waals surface area contributed by atoms with Crippen LogP contribution in [0.15, 0.2) is 78.9 Å². The van der Waals surface area contributed by atoms with Crippen LogP contribution in [-0.2, 0) is 4.79 Å². The van der Waals surface area contributed by atoms with Gasteiger partial charge in [-0.1, -0.05) is 56.3 Å². The van der Waals surface area contributed by atoms with Crippen LogP contribution in [0.4, 0.5) is 8.78 Å². The molecule has 0 saturated carbocycles. The number of halogens is 2. The predicted molar refractivity (Wildman–Crippen MR) is 121 cm³/mol. The minimum atomic E-state index is -2.88. The topological polar surface area (TPSA) is 79.5 Å². The average molecular weight is 453 g/mol. The van der Waals surface area contributed by atoms with E-state index < -0.39 is 18.5 Å². The highest BCUT2D eigenvalue weighted by Crippen LogP contribution is 2.30. The Balaban J connectivity index is 0.000000479. The molecule has 172 valence electrons. The molecular formula is C26H25F2NO4. The number of ether oxygens (including phenoxy) is 2. The monoisotopic (exact) mass is 453 g/mol. The number of nitrogens with zero attached hydrogens (tertiary/aromatic N) is 1. The molecule has 7 heteroatoms. The Morgan fingerprint density at radius 1 is 0.909 bits per heavy atom. The molecule has 3 aromatic rings. The predicted octanol–water partition coefficient (Wildman–Crippen LogP) is 6.85. The number of hydrogen-bond acceptors (Lipinski definition) is 4. The fourth-order valence-electron chi connectivity index (χ4n) is 2.91. The maximum Gasteiger partial charge on any atom is 0.387 e. The van der Waals surface area contributed by atoms with Crippen LogP contribution >= 0.6 is 0 Å². The van der Waals surface area contributed by atoms with Gasteiger partial charge in [0.15, 0.2) is 0 Å². The van der Waals surface area contributed by atoms with Crippen LogP contribution in [-0.4, -0.2) is 17.7 Å². The SMILES string of the molecule is CC(C)CC(=O)O.N#CC(c1ccc(OC(F)F)cc1)c1cccc(Oc2ccccc2)c1. The van der Waals surface area contributed by atoms with Gasteiger partial charge < -0.3 is 14.6 Å². The fraction of sp³-hybridized carbons (Fsp3) is 0.231. The van der Waals surface area contributed by atoms with Gasteiger partial charge >= 0.3 is 12.6 Å². The zero-order valence-electron chi connectivity index (χ0n) is 18.3. The smallest absolute Gasteiger partial charge is 0.387 e. The minimum absolute atomic E-state index is 0.0570. The summed E-state index contributed by atoms with van der Waals surface area (Å²) in [5, 5.41) is 17.7. The van der Waals surface area contributed by atoms with Crippen LogP contribution < -0.4 is 9.47 Å². The van der Waals surface area contributed by atoms with Gasteiger partial charge in [0.05, 0.1) is 12.0 Å². The molecule has 1 N–H and O–H groups in total. The maximum absolute atomic E-state index is 12.2. The first kappa shape index (κ1) is 25.3. The number of rotatable bonds is 8. The molecule has 0 bridgehead atoms. The van der Waals surface area contributed by atoms with E-state index in [-0.39, 0.29) is 18.1 Å². The Morgan fingerprint density at radius 3 is 2.06 bits per heavy atom. The maximum atomic E-state index is 12.2. The number of para-hydroxylation sites is 1. The van der Waals surface area contributed by atoms with Crippen LogP contribution in [0.1, 0.15) is 37.3 Å². The first-order valence-corrected chi connectivity index (χ1v) is 10.3. The number of alkyl halides is 2. The van der Waals surface area contributed by atoms with Crippen molar-refractivity contribution < 1.29 is 28.2 Å². The van der Waals surface area contributed by atoms with Gasteiger partial charge in [-0.15, -0.1) is 0 Å². The average Bonchev–Trinajstić information content (AvgIpc) is 2.76. The molecule has 5 nitrogen and oxygen atoms in total. The number of hydrogen-bond donors (Lipinski definition) is 1. The Kier molecular flexibility index (Phi) is 9.84. The van der Waals surface area contributed by atoms with Crippen molar-refractivity contribution in [2.45, 2.75) is 32.8 Å². The van der Waals surface area contributed by atoms with Gasteiger partial charge in [0.1, 0.15) is 17.2 Å². The molecule has 3 aromatic carbocycles. The van der Waals surface area contributed by atoms with Crippen molar-refractivity contribution in [3.05, 3.63) is 90.0 Å². The third-order valence-corrected chi connectivity index (χ3v) is 4.32. The summed E-state index contributed by atoms with van der Waals surface area (Å²) in [7, 11) is 0. The molecule has 1 atom stereocenters. The van der Waals surface area contributed by atoms with Gasteiger partial charge in [0.25, 0.3) is 0 Å². The molecule has 3 rings (SSSR count). The van der Waals surface area contributed by atoms with E-state index in [1.54, 1.807) is 18.2 Å². The summed E-state index contributed by atoms with van der Waals surface area (Å²) in [4.78, 5) is 9.81. The largest absolute Gasteiger partial charge is 0.481 e. The van der Waals surface area contributed by atoms with Crippen LogP contribution in [0, 0.1) is 17.2 Å². The molecule has 1 unspecified atom stereocenters. The van der Waals surface area contributed by atoms with Gasteiger partial charge in [0, 0.05) is 6.42 Å². The highest BCUT2D eigenvalue weighted by atomic mass is 19.3. The first-order valence-electron chi connectivity index (χ1n) is 10.3. The normalized spacial score (nSPS) is 11.2. The lowest BCUT2D eigenvalue weighted by Gasteiger charge is -2.13. The van der Waals surface area contributed by atoms with Gasteiger partial charge in [0.2, 0.25) is 0 Å². The zero-order chi connectivity index (χ0) is 24.2. The third kappa shape index (κ3) is 8.99. The van der Waals surface area contributed by atoms with E-state index in [2.05, 4.69) is 10.8 Å². The summed E-state index contributed by atoms with van der Waals surface area (Å²) >= 11 is 0. The summed E-state index contributed by atoms with van der Waals surface area (Å²) in [5.41, 5.74) is 1.44. The second kappa shape index (κ2) is 12.8. The molecule has 0 radical (unpaired) electrons. The number of nitriles is 1. The molecule has 0 spiro atoms. The van der Waals surface area contributed by atoms with Crippen molar-refractivity contribution >= 4 is 5.97 Å². The van der Waals surface area contributed by atoms with E-state index >= 15 is 0 Å². The zero-order valence-corrected chi connectivity index (χ0v) is 18.3. The van der Waals surface area contributed by atoms with E-state index in [0.29, 0.717) is 17.1 Å². The molecule has 0 aliphatic carbocycles. The number of carbonyl (C=O) groups is 1. The standard InChI is InChI=1S/C21H15F2NO2.C5H10O2/c22-21(23)26-18-11-9-15(10-12-18)20(14-24)16-5-4-8-19(13-16)25-17-6-2-1-3-7-17;1-4(2)3-5(6)7/h1-13,20-21H;4H,3H2,1-2H3,(H,6,7). The van der Waals surface area contributed by atoms with Gasteiger partial charge in [-0.2, -0.15) is 14.0 Å². The Morgan fingerprint density at radius 2 is 1.55 bits per heavy atom. The highest BCUT2D eigenvalue weighted by Gasteiger charge is 2.15. The van der Waals surface area contributed by atoms with Gasteiger partial charge in [-0.05, 0) is 53.4 Å². The van der Waals surface area contributed by atoms with Gasteiger partial charge in [-0.25, -0.2) is 0 Å². The lowest BCUT2D eigenvalue weighted by atomic mass is 9.92. The number of aliphatic carboxylic acids is 1. The first-order chi connectivity index (χ1) is 15.8. The quantitative estimate of drug-likeness (QED) is 0.403. The third-order valence-electron chi connectivity index (χ3n) is 4.32. The van der Waals surface area contributed by atoms with E-state index in [9.17, 15) is 18.8 Å². The molecular weight excluding hydrogens is 428 g/mol. The van der Waals surface area contributed by atoms with Crippen LogP contribution in [0.25, 0.3) is 0 Å². The van der Waals surface area contributed by atoms with Crippen molar-refractivity contribution in [3.8, 4) is 23.3 Å². The Bertz CT molecular complexity index is 1050. The lowest BCUT2D eigenvalue weighted by Crippen LogP contribution is -2.03. The summed E-state index contributed by atoms with van der Waals surface area (Å²) < 4.78 is 34.6. The molecule has 0 aliphatic rings. The van der Waals surface area contributed by atoms with Crippen molar-refractivity contribution in [3.63, 3.8) is 0 Å². The van der Waals surface area contributed by atoms with Crippen LogP contribution in [0.2, 0.25) is 0 Å². The molecule has 0 heterocycles. The van der Waals surface area contributed by atoms with Crippen LogP contribution in [0.5, 0.6) is 17.2 Å². The highest BCUT2D eigenvalue weighted by molar-refractivity contribution is 5.66. The van der Waals surface area contributed by atoms with Crippen molar-refractivity contribution in [1.82, 2.24) is 0 Å². The summed E-state index contributed by atoms with van der Waals surface area (Å²) in [6, 6.07) is 24.9. The van der Waals surface area contributed by atoms with Crippen molar-refractivity contribution in [2.75, 3.05) is 0 Å². The van der Waals surface area contributed by atoms with Gasteiger partial charge in [-0.3, -0.25) is 4.79 Å². The second-order valence-electron chi connectivity index (χ2n) is 7.49. The molecule has 33 heavy (non-hydrogen) atoms. The molecule has 0 aromatic heterocycles. The summed E-state index contributed by atoms with van der Waals surface area (Å²) in [6.45, 7) is 0.891. The lowest BCUT2D eigenvalue weighted by molar-refractivity contribution is -0.137. The number of carboxylic acids is 1. The van der Waals surface area contributed by atoms with Crippen molar-refractivity contribution in [2.24, 2.45) is 5.92 Å². The molecule has 0 fully saturated rings. The van der Waals surface area contributed by atoms with E-state index in [0.717, 1.165) is 5.56 Å². The second-order valence-corrected chi connectivity index (χ2v) is 7.49. The fourth-order valence-corrected chi connectivity index (χ4v) is 2.91. The van der Waals surface area contributed by atoms with Crippen LogP contribution in [0.3, 0.4) is 0 Å². The minimum Gasteiger partial charge on any atom is -0.481 e. The van der Waals surface area contributed by atoms with Crippen molar-refractivity contribution in [1.29, 1.82) is 5.26 Å². The number of benzene rings is 3. The van der Waals surface area contributed by atoms with E-state index in [1.165, 1.54) is 12.1 Å². The summed E-state index contributed by atoms with van der Waals surface area (Å²) in [6.07, 6.45) is 0.278. The molecule has 0 amide bonds. The Labute approximate surface area is 191 Å². The van der Waals surface area contributed by atoms with E-state index in [1.807, 2.05) is 62.4 Å². The Hall–Kier alpha value is -3.92.